The summed E-state index contributed by atoms with van der Waals surface area (Å²) < 4.78 is 19.6. The van der Waals surface area contributed by atoms with E-state index < -0.39 is 23.2 Å². The zero-order valence-corrected chi connectivity index (χ0v) is 17.1. The third kappa shape index (κ3) is 3.09. The Hall–Kier alpha value is -3.59. The van der Waals surface area contributed by atoms with E-state index >= 15 is 0 Å². The summed E-state index contributed by atoms with van der Waals surface area (Å²) in [6.07, 6.45) is 1.58. The molecule has 1 atom stereocenters. The number of carbonyl (C=O) groups is 1. The fourth-order valence-corrected chi connectivity index (χ4v) is 4.78. The maximum atomic E-state index is 13.8. The van der Waals surface area contributed by atoms with Gasteiger partial charge in [-0.25, -0.2) is 4.39 Å². The number of nitrogens with zero attached hydrogens (tertiary/aromatic N) is 3. The first-order valence-electron chi connectivity index (χ1n) is 9.69. The minimum atomic E-state index is -0.888. The van der Waals surface area contributed by atoms with Crippen LogP contribution in [0.3, 0.4) is 0 Å². The number of hydrogen-bond donors (Lipinski definition) is 1. The van der Waals surface area contributed by atoms with Crippen molar-refractivity contribution in [1.29, 1.82) is 0 Å². The summed E-state index contributed by atoms with van der Waals surface area (Å²) in [7, 11) is 0. The Morgan fingerprint density at radius 2 is 2.03 bits per heavy atom. The van der Waals surface area contributed by atoms with Crippen molar-refractivity contribution in [2.24, 2.45) is 0 Å². The van der Waals surface area contributed by atoms with Crippen molar-refractivity contribution in [2.45, 2.75) is 25.8 Å². The first-order valence-corrected chi connectivity index (χ1v) is 10.5. The summed E-state index contributed by atoms with van der Waals surface area (Å²) in [5.74, 6) is -1.25. The predicted molar refractivity (Wildman–Crippen MR) is 113 cm³/mol. The summed E-state index contributed by atoms with van der Waals surface area (Å²) in [4.78, 5) is 28.1. The molecular weight excluding hydrogens is 421 g/mol. The molecule has 7 nitrogen and oxygen atoms in total. The highest BCUT2D eigenvalue weighted by atomic mass is 32.1. The highest BCUT2D eigenvalue weighted by Gasteiger charge is 2.45. The molecule has 0 fully saturated rings. The summed E-state index contributed by atoms with van der Waals surface area (Å²) in [5, 5.41) is 19.5. The van der Waals surface area contributed by atoms with Crippen LogP contribution in [-0.2, 0) is 6.42 Å². The van der Waals surface area contributed by atoms with E-state index in [2.05, 4.69) is 10.2 Å². The van der Waals surface area contributed by atoms with Gasteiger partial charge in [0, 0.05) is 6.42 Å². The summed E-state index contributed by atoms with van der Waals surface area (Å²) >= 11 is 1.26. The lowest BCUT2D eigenvalue weighted by atomic mass is 9.98. The van der Waals surface area contributed by atoms with Gasteiger partial charge in [-0.15, -0.1) is 10.2 Å². The number of phenolic OH excluding ortho intramolecular Hbond substituents is 1. The number of aryl methyl sites for hydroxylation is 1. The molecule has 0 saturated heterocycles. The lowest BCUT2D eigenvalue weighted by molar-refractivity contribution is 0.0970. The smallest absolute Gasteiger partial charge is 0.297 e. The molecule has 4 aromatic rings. The molecule has 1 amide bonds. The summed E-state index contributed by atoms with van der Waals surface area (Å²) in [5.41, 5.74) is 0.209. The van der Waals surface area contributed by atoms with Crippen LogP contribution in [0.2, 0.25) is 0 Å². The Balaban J connectivity index is 1.78. The van der Waals surface area contributed by atoms with E-state index in [9.17, 15) is 19.1 Å². The molecule has 0 unspecified atom stereocenters. The van der Waals surface area contributed by atoms with Gasteiger partial charge in [0.15, 0.2) is 5.43 Å². The van der Waals surface area contributed by atoms with Crippen LogP contribution in [-0.4, -0.2) is 21.2 Å². The maximum absolute atomic E-state index is 13.8. The van der Waals surface area contributed by atoms with Crippen molar-refractivity contribution in [2.75, 3.05) is 4.90 Å². The van der Waals surface area contributed by atoms with Gasteiger partial charge in [0.2, 0.25) is 10.9 Å². The number of halogens is 1. The molecule has 3 heterocycles. The molecule has 1 aliphatic heterocycles. The number of benzene rings is 2. The van der Waals surface area contributed by atoms with Crippen LogP contribution in [0.15, 0.2) is 51.7 Å². The molecule has 2 aromatic carbocycles. The van der Waals surface area contributed by atoms with E-state index in [0.717, 1.165) is 17.5 Å². The van der Waals surface area contributed by atoms with Gasteiger partial charge >= 0.3 is 0 Å². The number of aromatic nitrogens is 2. The van der Waals surface area contributed by atoms with Gasteiger partial charge in [0.25, 0.3) is 5.91 Å². The fraction of sp³-hybridized carbons (Fsp3) is 0.182. The van der Waals surface area contributed by atoms with E-state index in [1.54, 1.807) is 12.1 Å². The Kier molecular flexibility index (Phi) is 4.55. The van der Waals surface area contributed by atoms with Crippen LogP contribution in [0, 0.1) is 5.82 Å². The van der Waals surface area contributed by atoms with Crippen molar-refractivity contribution in [1.82, 2.24) is 10.2 Å². The number of carbonyl (C=O) groups excluding carboxylic acids is 1. The van der Waals surface area contributed by atoms with E-state index in [4.69, 9.17) is 4.42 Å². The SMILES string of the molecule is CCCc1nnc(N2C(=O)c3oc4ccc(F)cc4c(=O)c3[C@H]2c2cccc(O)c2)s1. The van der Waals surface area contributed by atoms with Crippen LogP contribution in [0.4, 0.5) is 9.52 Å². The van der Waals surface area contributed by atoms with E-state index in [-0.39, 0.29) is 28.0 Å². The minimum Gasteiger partial charge on any atom is -0.508 e. The molecule has 0 radical (unpaired) electrons. The molecule has 1 N–H and O–H groups in total. The molecular formula is C22H16FN3O4S. The monoisotopic (exact) mass is 437 g/mol. The number of aromatic hydroxyl groups is 1. The molecule has 1 aliphatic rings. The second-order valence-corrected chi connectivity index (χ2v) is 8.26. The standard InChI is InChI=1S/C22H16FN3O4S/c1-2-4-16-24-25-22(31-16)26-18(11-5-3-6-13(27)9-11)17-19(28)14-10-12(23)7-8-15(14)30-20(17)21(26)29/h3,5-10,18,27H,2,4H2,1H3/t18-/m1/s1. The van der Waals surface area contributed by atoms with Crippen LogP contribution < -0.4 is 10.3 Å². The van der Waals surface area contributed by atoms with Gasteiger partial charge in [0.1, 0.15) is 22.2 Å². The molecule has 2 aromatic heterocycles. The Morgan fingerprint density at radius 1 is 1.19 bits per heavy atom. The zero-order valence-electron chi connectivity index (χ0n) is 16.3. The average Bonchev–Trinajstić information content (AvgIpc) is 3.31. The zero-order chi connectivity index (χ0) is 21.7. The summed E-state index contributed by atoms with van der Waals surface area (Å²) in [6, 6.07) is 9.00. The van der Waals surface area contributed by atoms with Crippen molar-refractivity contribution >= 4 is 33.3 Å². The van der Waals surface area contributed by atoms with Gasteiger partial charge < -0.3 is 9.52 Å². The number of anilines is 1. The second-order valence-electron chi connectivity index (χ2n) is 7.22. The van der Waals surface area contributed by atoms with Gasteiger partial charge in [-0.1, -0.05) is 30.4 Å². The van der Waals surface area contributed by atoms with Crippen LogP contribution in [0.5, 0.6) is 5.75 Å². The Labute approximate surface area is 179 Å². The fourth-order valence-electron chi connectivity index (χ4n) is 3.81. The molecule has 9 heteroatoms. The summed E-state index contributed by atoms with van der Waals surface area (Å²) in [6.45, 7) is 2.01. The van der Waals surface area contributed by atoms with Crippen LogP contribution >= 0.6 is 11.3 Å². The highest BCUT2D eigenvalue weighted by molar-refractivity contribution is 7.15. The molecule has 31 heavy (non-hydrogen) atoms. The number of amides is 1. The van der Waals surface area contributed by atoms with Gasteiger partial charge in [0.05, 0.1) is 17.0 Å². The molecule has 0 bridgehead atoms. The third-order valence-corrected chi connectivity index (χ3v) is 6.13. The number of phenols is 1. The quantitative estimate of drug-likeness (QED) is 0.514. The molecule has 0 aliphatic carbocycles. The first kappa shape index (κ1) is 19.4. The topological polar surface area (TPSA) is 96.5 Å². The van der Waals surface area contributed by atoms with Crippen molar-refractivity contribution in [3.8, 4) is 5.75 Å². The van der Waals surface area contributed by atoms with Gasteiger partial charge in [-0.2, -0.15) is 0 Å². The van der Waals surface area contributed by atoms with Crippen LogP contribution in [0.25, 0.3) is 11.0 Å². The van der Waals surface area contributed by atoms with Crippen molar-refractivity contribution in [3.63, 3.8) is 0 Å². The minimum absolute atomic E-state index is 0.0153. The molecule has 0 spiro atoms. The van der Waals surface area contributed by atoms with E-state index in [1.807, 2.05) is 6.92 Å². The van der Waals surface area contributed by atoms with Gasteiger partial charge in [-0.3, -0.25) is 14.5 Å². The van der Waals surface area contributed by atoms with E-state index in [1.165, 1.54) is 40.5 Å². The number of rotatable bonds is 4. The molecule has 156 valence electrons. The van der Waals surface area contributed by atoms with Crippen LogP contribution in [0.1, 0.15) is 46.1 Å². The van der Waals surface area contributed by atoms with Crippen molar-refractivity contribution in [3.05, 3.63) is 80.4 Å². The second kappa shape index (κ2) is 7.28. The average molecular weight is 437 g/mol. The predicted octanol–water partition coefficient (Wildman–Crippen LogP) is 4.19. The Bertz CT molecular complexity index is 1400. The molecule has 0 saturated carbocycles. The lowest BCUT2D eigenvalue weighted by Gasteiger charge is -2.22. The number of hydrogen-bond acceptors (Lipinski definition) is 7. The maximum Gasteiger partial charge on any atom is 0.297 e. The molecule has 5 rings (SSSR count). The lowest BCUT2D eigenvalue weighted by Crippen LogP contribution is -2.29. The van der Waals surface area contributed by atoms with E-state index in [0.29, 0.717) is 17.1 Å². The first-order chi connectivity index (χ1) is 15.0. The highest BCUT2D eigenvalue weighted by Crippen LogP contribution is 2.42. The van der Waals surface area contributed by atoms with Crippen molar-refractivity contribution < 1.29 is 18.7 Å². The normalized spacial score (nSPS) is 15.6. The Morgan fingerprint density at radius 3 is 2.81 bits per heavy atom. The van der Waals surface area contributed by atoms with Gasteiger partial charge in [-0.05, 0) is 42.3 Å². The largest absolute Gasteiger partial charge is 0.508 e. The number of fused-ring (bicyclic) bond motifs is 2. The third-order valence-electron chi connectivity index (χ3n) is 5.14.